The van der Waals surface area contributed by atoms with E-state index in [0.29, 0.717) is 30.6 Å². The maximum absolute atomic E-state index is 13.6. The standard InChI is InChI=1S/C43H64O8/c1-8-23(2)17-35-27(6)32-20-29(44)11-9-10-12-34-28(7)39-41-42(48-34)40-38(49-41)22-43(50-39,51-40)16-15-31-19-25(4)33(45-31)14-13-30-18-24(3)26(5)36(46-30)21-37(32)47-35/h9-10,23-24,27-28,30-42H,4-5,8,11-22H2,1-3,6-7H3/b10-9+. The monoisotopic (exact) mass is 708 g/mol. The summed E-state index contributed by atoms with van der Waals surface area (Å²) in [4.78, 5) is 13.6. The van der Waals surface area contributed by atoms with Crippen molar-refractivity contribution in [3.63, 3.8) is 0 Å². The fraction of sp³-hybridized carbons (Fsp3) is 0.837. The van der Waals surface area contributed by atoms with E-state index in [1.54, 1.807) is 0 Å². The van der Waals surface area contributed by atoms with Gasteiger partial charge in [0, 0.05) is 38.0 Å². The number of allylic oxidation sites excluding steroid dienone is 1. The minimum Gasteiger partial charge on any atom is -0.374 e. The van der Waals surface area contributed by atoms with E-state index in [-0.39, 0.29) is 90.9 Å². The maximum atomic E-state index is 13.6. The molecule has 0 N–H and O–H groups in total. The van der Waals surface area contributed by atoms with Gasteiger partial charge in [0.25, 0.3) is 0 Å². The summed E-state index contributed by atoms with van der Waals surface area (Å²) in [6.07, 6.45) is 14.9. The van der Waals surface area contributed by atoms with E-state index in [0.717, 1.165) is 70.6 Å². The number of ether oxygens (including phenoxy) is 7. The molecule has 9 aliphatic rings. The summed E-state index contributed by atoms with van der Waals surface area (Å²) in [7, 11) is 0. The zero-order chi connectivity index (χ0) is 35.6. The molecule has 9 heterocycles. The predicted molar refractivity (Wildman–Crippen MR) is 194 cm³/mol. The van der Waals surface area contributed by atoms with Crippen molar-refractivity contribution in [2.75, 3.05) is 0 Å². The summed E-state index contributed by atoms with van der Waals surface area (Å²) in [6, 6.07) is 0. The zero-order valence-electron chi connectivity index (χ0n) is 31.8. The first-order valence-electron chi connectivity index (χ1n) is 20.7. The summed E-state index contributed by atoms with van der Waals surface area (Å²) in [6.45, 7) is 20.4. The lowest BCUT2D eigenvalue weighted by Crippen LogP contribution is -2.54. The van der Waals surface area contributed by atoms with Crippen molar-refractivity contribution in [1.29, 1.82) is 0 Å². The third-order valence-corrected chi connectivity index (χ3v) is 14.5. The van der Waals surface area contributed by atoms with Crippen molar-refractivity contribution in [2.45, 2.75) is 197 Å². The average Bonchev–Trinajstić information content (AvgIpc) is 3.76. The van der Waals surface area contributed by atoms with Gasteiger partial charge in [-0.2, -0.15) is 0 Å². The van der Waals surface area contributed by atoms with E-state index in [1.165, 1.54) is 11.1 Å². The molecule has 18 atom stereocenters. The van der Waals surface area contributed by atoms with Crippen molar-refractivity contribution in [2.24, 2.45) is 29.6 Å². The molecule has 8 fully saturated rings. The van der Waals surface area contributed by atoms with Crippen LogP contribution in [0.4, 0.5) is 0 Å². The number of carbonyl (C=O) groups excluding carboxylic acids is 1. The Morgan fingerprint density at radius 2 is 1.57 bits per heavy atom. The SMILES string of the molecule is C=C1CC2CCC34CC5OC6C(O3)C(C)C(C/C=C/CC(=O)CC3C(CC7OC(CCC1O2)CC(C)C7=C)OC(CC(C)CC)C3C)OC6C5O4. The summed E-state index contributed by atoms with van der Waals surface area (Å²) in [5.74, 6) is 1.19. The number of ketones is 1. The van der Waals surface area contributed by atoms with E-state index in [4.69, 9.17) is 33.2 Å². The fourth-order valence-electron chi connectivity index (χ4n) is 10.9. The van der Waals surface area contributed by atoms with Gasteiger partial charge in [0.2, 0.25) is 0 Å². The molecule has 8 saturated heterocycles. The van der Waals surface area contributed by atoms with Crippen LogP contribution < -0.4 is 0 Å². The van der Waals surface area contributed by atoms with Gasteiger partial charge in [0.1, 0.15) is 24.1 Å². The third-order valence-electron chi connectivity index (χ3n) is 14.5. The third kappa shape index (κ3) is 7.14. The summed E-state index contributed by atoms with van der Waals surface area (Å²) >= 11 is 0. The Morgan fingerprint density at radius 1 is 0.804 bits per heavy atom. The Morgan fingerprint density at radius 3 is 2.39 bits per heavy atom. The van der Waals surface area contributed by atoms with Crippen LogP contribution in [0.2, 0.25) is 0 Å². The predicted octanol–water partition coefficient (Wildman–Crippen LogP) is 7.82. The van der Waals surface area contributed by atoms with Gasteiger partial charge in [0.15, 0.2) is 5.79 Å². The minimum atomic E-state index is -0.662. The summed E-state index contributed by atoms with van der Waals surface area (Å²) in [5.41, 5.74) is 2.35. The Bertz CT molecular complexity index is 1340. The van der Waals surface area contributed by atoms with Crippen LogP contribution in [0.3, 0.4) is 0 Å². The van der Waals surface area contributed by atoms with Crippen LogP contribution in [0.15, 0.2) is 36.5 Å². The minimum absolute atomic E-state index is 0.00300. The number of hydrogen-bond acceptors (Lipinski definition) is 8. The molecule has 284 valence electrons. The molecule has 51 heavy (non-hydrogen) atoms. The largest absolute Gasteiger partial charge is 0.374 e. The molecule has 0 aliphatic carbocycles. The highest BCUT2D eigenvalue weighted by atomic mass is 16.8. The van der Waals surface area contributed by atoms with E-state index in [9.17, 15) is 4.79 Å². The van der Waals surface area contributed by atoms with E-state index < -0.39 is 5.79 Å². The van der Waals surface area contributed by atoms with Gasteiger partial charge >= 0.3 is 0 Å². The number of rotatable bonds is 3. The molecular formula is C43H64O8. The first-order chi connectivity index (χ1) is 24.5. The molecule has 0 aromatic heterocycles. The van der Waals surface area contributed by atoms with E-state index >= 15 is 0 Å². The molecule has 18 unspecified atom stereocenters. The molecule has 0 aromatic rings. The average molecular weight is 709 g/mol. The van der Waals surface area contributed by atoms with Crippen molar-refractivity contribution in [3.8, 4) is 0 Å². The normalized spacial score (nSPS) is 51.4. The van der Waals surface area contributed by atoms with Gasteiger partial charge in [-0.25, -0.2) is 0 Å². The number of fused-ring (bicyclic) bond motifs is 6. The van der Waals surface area contributed by atoms with Gasteiger partial charge in [0.05, 0.1) is 54.9 Å². The lowest BCUT2D eigenvalue weighted by Gasteiger charge is -2.42. The number of Topliss-reactive ketones (excluding diaryl/α,β-unsaturated/α-hetero) is 1. The van der Waals surface area contributed by atoms with Crippen LogP contribution in [0.1, 0.15) is 118 Å². The number of hydrogen-bond donors (Lipinski definition) is 0. The van der Waals surface area contributed by atoms with Gasteiger partial charge in [-0.15, -0.1) is 0 Å². The Labute approximate surface area is 306 Å². The Hall–Kier alpha value is -1.39. The van der Waals surface area contributed by atoms with E-state index in [2.05, 4.69) is 59.9 Å². The second-order valence-corrected chi connectivity index (χ2v) is 18.0. The zero-order valence-corrected chi connectivity index (χ0v) is 31.8. The van der Waals surface area contributed by atoms with Crippen molar-refractivity contribution < 1.29 is 38.0 Å². The lowest BCUT2D eigenvalue weighted by molar-refractivity contribution is -0.262. The quantitative estimate of drug-likeness (QED) is 0.275. The van der Waals surface area contributed by atoms with Gasteiger partial charge in [-0.3, -0.25) is 4.79 Å². The van der Waals surface area contributed by atoms with Gasteiger partial charge < -0.3 is 33.2 Å². The van der Waals surface area contributed by atoms with Crippen LogP contribution in [0.5, 0.6) is 0 Å². The van der Waals surface area contributed by atoms with Gasteiger partial charge in [-0.1, -0.05) is 66.3 Å². The maximum Gasteiger partial charge on any atom is 0.172 e. The van der Waals surface area contributed by atoms with Crippen LogP contribution in [0.25, 0.3) is 0 Å². The van der Waals surface area contributed by atoms with Crippen LogP contribution in [-0.2, 0) is 38.0 Å². The molecule has 9 rings (SSSR count). The molecule has 8 nitrogen and oxygen atoms in total. The van der Waals surface area contributed by atoms with Crippen molar-refractivity contribution in [1.82, 2.24) is 0 Å². The van der Waals surface area contributed by atoms with Crippen LogP contribution in [-0.4, -0.2) is 84.8 Å². The molecule has 0 saturated carbocycles. The first-order valence-corrected chi connectivity index (χ1v) is 20.7. The number of carbonyl (C=O) groups is 1. The Kier molecular flexibility index (Phi) is 10.5. The van der Waals surface area contributed by atoms with Gasteiger partial charge in [-0.05, 0) is 79.8 Å². The molecule has 1 spiro atoms. The van der Waals surface area contributed by atoms with Crippen LogP contribution >= 0.6 is 0 Å². The second kappa shape index (κ2) is 14.7. The molecule has 8 heteroatoms. The Balaban J connectivity index is 1.03. The first kappa shape index (κ1) is 36.6. The van der Waals surface area contributed by atoms with E-state index in [1.807, 2.05) is 0 Å². The summed E-state index contributed by atoms with van der Waals surface area (Å²) < 4.78 is 47.5. The topological polar surface area (TPSA) is 81.7 Å². The molecule has 9 aliphatic heterocycles. The lowest BCUT2D eigenvalue weighted by atomic mass is 9.78. The van der Waals surface area contributed by atoms with Crippen molar-refractivity contribution in [3.05, 3.63) is 36.5 Å². The molecular weight excluding hydrogens is 644 g/mol. The highest BCUT2D eigenvalue weighted by Gasteiger charge is 2.67. The molecule has 11 bridgehead atoms. The molecule has 0 amide bonds. The smallest absolute Gasteiger partial charge is 0.172 e. The fourth-order valence-corrected chi connectivity index (χ4v) is 10.9. The molecule has 0 aromatic carbocycles. The van der Waals surface area contributed by atoms with Crippen LogP contribution in [0, 0.1) is 29.6 Å². The highest BCUT2D eigenvalue weighted by Crippen LogP contribution is 2.54. The second-order valence-electron chi connectivity index (χ2n) is 18.0. The highest BCUT2D eigenvalue weighted by molar-refractivity contribution is 5.80. The summed E-state index contributed by atoms with van der Waals surface area (Å²) in [5, 5.41) is 0. The molecule has 0 radical (unpaired) electrons. The van der Waals surface area contributed by atoms with Crippen molar-refractivity contribution >= 4 is 5.78 Å².